The summed E-state index contributed by atoms with van der Waals surface area (Å²) in [6.07, 6.45) is 0. The first kappa shape index (κ1) is 23.0. The topological polar surface area (TPSA) is 89.7 Å². The maximum absolute atomic E-state index is 13.8. The summed E-state index contributed by atoms with van der Waals surface area (Å²) in [5.41, 5.74) is 4.60. The van der Waals surface area contributed by atoms with E-state index >= 15 is 0 Å². The summed E-state index contributed by atoms with van der Waals surface area (Å²) >= 11 is 1.07. The molecule has 0 aliphatic carbocycles. The van der Waals surface area contributed by atoms with Crippen LogP contribution in [0, 0.1) is 27.7 Å². The highest BCUT2D eigenvalue weighted by Gasteiger charge is 2.45. The summed E-state index contributed by atoms with van der Waals surface area (Å²) in [6.45, 7) is 9.50. The van der Waals surface area contributed by atoms with Crippen LogP contribution >= 0.6 is 11.3 Å². The van der Waals surface area contributed by atoms with Gasteiger partial charge in [0, 0.05) is 0 Å². The number of hydrogen-bond acceptors (Lipinski definition) is 7. The standard InChI is InChI=1S/C27H24N2O5S/c1-6-33-26(32)24-16(5)28-27(35-24)29-21(17-9-7-13(2)8-10-17)20-22(30)18-11-14(3)15(4)12-19(18)34-23(20)25(29)31/h7-12,21H,6H2,1-5H3/t21-/m0/s1. The first-order valence-corrected chi connectivity index (χ1v) is 12.2. The second kappa shape index (κ2) is 8.46. The van der Waals surface area contributed by atoms with Gasteiger partial charge in [0.25, 0.3) is 5.91 Å². The molecular formula is C27H24N2O5S. The second-order valence-electron chi connectivity index (χ2n) is 8.73. The molecule has 178 valence electrons. The number of carbonyl (C=O) groups is 2. The first-order valence-electron chi connectivity index (χ1n) is 11.3. The molecule has 0 radical (unpaired) electrons. The van der Waals surface area contributed by atoms with Crippen LogP contribution in [0.25, 0.3) is 11.0 Å². The lowest BCUT2D eigenvalue weighted by molar-refractivity contribution is 0.0531. The predicted octanol–water partition coefficient (Wildman–Crippen LogP) is 5.41. The third-order valence-corrected chi connectivity index (χ3v) is 7.47. The summed E-state index contributed by atoms with van der Waals surface area (Å²) < 4.78 is 11.2. The molecule has 0 unspecified atom stereocenters. The Hall–Kier alpha value is -3.78. The zero-order valence-electron chi connectivity index (χ0n) is 20.1. The van der Waals surface area contributed by atoms with Gasteiger partial charge >= 0.3 is 5.97 Å². The summed E-state index contributed by atoms with van der Waals surface area (Å²) in [6, 6.07) is 10.5. The van der Waals surface area contributed by atoms with Crippen LogP contribution in [0.15, 0.2) is 45.6 Å². The molecule has 2 aromatic carbocycles. The maximum Gasteiger partial charge on any atom is 0.350 e. The number of ether oxygens (including phenoxy) is 1. The van der Waals surface area contributed by atoms with Crippen molar-refractivity contribution in [3.63, 3.8) is 0 Å². The fourth-order valence-electron chi connectivity index (χ4n) is 4.36. The first-order chi connectivity index (χ1) is 16.7. The monoisotopic (exact) mass is 488 g/mol. The largest absolute Gasteiger partial charge is 0.462 e. The average molecular weight is 489 g/mol. The number of aromatic nitrogens is 1. The number of carbonyl (C=O) groups excluding carboxylic acids is 2. The van der Waals surface area contributed by atoms with Crippen molar-refractivity contribution in [2.75, 3.05) is 11.5 Å². The highest BCUT2D eigenvalue weighted by atomic mass is 32.1. The van der Waals surface area contributed by atoms with Gasteiger partial charge in [-0.25, -0.2) is 9.78 Å². The minimum absolute atomic E-state index is 0.00173. The number of amides is 1. The Kier molecular flexibility index (Phi) is 5.56. The molecule has 0 bridgehead atoms. The summed E-state index contributed by atoms with van der Waals surface area (Å²) in [5, 5.41) is 0.740. The van der Waals surface area contributed by atoms with Gasteiger partial charge in [0.2, 0.25) is 5.76 Å². The molecule has 0 spiro atoms. The molecule has 3 heterocycles. The molecule has 0 N–H and O–H groups in total. The van der Waals surface area contributed by atoms with Crippen LogP contribution in [-0.4, -0.2) is 23.5 Å². The molecule has 1 atom stereocenters. The normalized spacial score (nSPS) is 15.1. The second-order valence-corrected chi connectivity index (χ2v) is 9.70. The van der Waals surface area contributed by atoms with E-state index in [-0.39, 0.29) is 23.4 Å². The average Bonchev–Trinajstić information content (AvgIpc) is 3.34. The number of benzene rings is 2. The van der Waals surface area contributed by atoms with E-state index in [4.69, 9.17) is 9.15 Å². The molecule has 8 heteroatoms. The molecule has 35 heavy (non-hydrogen) atoms. The van der Waals surface area contributed by atoms with Gasteiger partial charge in [-0.3, -0.25) is 14.5 Å². The van der Waals surface area contributed by atoms with Gasteiger partial charge in [-0.15, -0.1) is 0 Å². The summed E-state index contributed by atoms with van der Waals surface area (Å²) in [4.78, 5) is 46.3. The number of hydrogen-bond donors (Lipinski definition) is 0. The molecule has 1 aliphatic heterocycles. The van der Waals surface area contributed by atoms with E-state index in [0.717, 1.165) is 33.6 Å². The fourth-order valence-corrected chi connectivity index (χ4v) is 5.35. The summed E-state index contributed by atoms with van der Waals surface area (Å²) in [7, 11) is 0. The molecule has 1 aliphatic rings. The Morgan fingerprint density at radius 2 is 1.77 bits per heavy atom. The number of esters is 1. The Morgan fingerprint density at radius 3 is 2.46 bits per heavy atom. The van der Waals surface area contributed by atoms with E-state index in [1.54, 1.807) is 19.9 Å². The Balaban J connectivity index is 1.76. The van der Waals surface area contributed by atoms with Gasteiger partial charge in [-0.05, 0) is 63.4 Å². The molecule has 0 fully saturated rings. The van der Waals surface area contributed by atoms with Crippen LogP contribution in [0.5, 0.6) is 0 Å². The van der Waals surface area contributed by atoms with Crippen molar-refractivity contribution in [3.8, 4) is 0 Å². The van der Waals surface area contributed by atoms with Crippen LogP contribution in [0.3, 0.4) is 0 Å². The van der Waals surface area contributed by atoms with Crippen molar-refractivity contribution >= 4 is 39.3 Å². The van der Waals surface area contributed by atoms with Crippen molar-refractivity contribution in [1.82, 2.24) is 4.98 Å². The molecule has 5 rings (SSSR count). The molecule has 2 aromatic heterocycles. The number of aryl methyl sites for hydroxylation is 4. The van der Waals surface area contributed by atoms with Crippen molar-refractivity contribution in [2.24, 2.45) is 0 Å². The maximum atomic E-state index is 13.8. The quantitative estimate of drug-likeness (QED) is 0.357. The van der Waals surface area contributed by atoms with Crippen molar-refractivity contribution < 1.29 is 18.7 Å². The van der Waals surface area contributed by atoms with Crippen LogP contribution in [0.2, 0.25) is 0 Å². The van der Waals surface area contributed by atoms with E-state index in [9.17, 15) is 14.4 Å². The molecule has 1 amide bonds. The number of nitrogens with zero attached hydrogens (tertiary/aromatic N) is 2. The highest BCUT2D eigenvalue weighted by molar-refractivity contribution is 7.17. The molecule has 0 saturated carbocycles. The van der Waals surface area contributed by atoms with E-state index in [1.165, 1.54) is 4.90 Å². The predicted molar refractivity (Wildman–Crippen MR) is 135 cm³/mol. The highest BCUT2D eigenvalue weighted by Crippen LogP contribution is 2.43. The minimum atomic E-state index is -0.735. The van der Waals surface area contributed by atoms with Gasteiger partial charge in [-0.2, -0.15) is 0 Å². The third kappa shape index (κ3) is 3.65. The van der Waals surface area contributed by atoms with Crippen LogP contribution in [0.1, 0.15) is 66.7 Å². The van der Waals surface area contributed by atoms with Gasteiger partial charge in [0.05, 0.1) is 29.3 Å². The number of thiazole rings is 1. The van der Waals surface area contributed by atoms with E-state index in [2.05, 4.69) is 4.98 Å². The lowest BCUT2D eigenvalue weighted by atomic mass is 9.97. The Labute approximate surface area is 206 Å². The van der Waals surface area contributed by atoms with E-state index in [0.29, 0.717) is 26.7 Å². The Morgan fingerprint density at radius 1 is 1.09 bits per heavy atom. The van der Waals surface area contributed by atoms with Crippen LogP contribution in [0.4, 0.5) is 5.13 Å². The number of fused-ring (bicyclic) bond motifs is 2. The van der Waals surface area contributed by atoms with Gasteiger partial charge in [0.1, 0.15) is 10.5 Å². The van der Waals surface area contributed by atoms with Crippen molar-refractivity contribution in [3.05, 3.63) is 90.8 Å². The van der Waals surface area contributed by atoms with Gasteiger partial charge in [0.15, 0.2) is 10.6 Å². The van der Waals surface area contributed by atoms with Gasteiger partial charge in [-0.1, -0.05) is 41.2 Å². The SMILES string of the molecule is CCOC(=O)c1sc(N2C(=O)c3oc4cc(C)c(C)cc4c(=O)c3[C@@H]2c2ccc(C)cc2)nc1C. The zero-order chi connectivity index (χ0) is 25.0. The number of anilines is 1. The van der Waals surface area contributed by atoms with Gasteiger partial charge < -0.3 is 9.15 Å². The van der Waals surface area contributed by atoms with E-state index < -0.39 is 17.9 Å². The lowest BCUT2D eigenvalue weighted by Crippen LogP contribution is -2.29. The van der Waals surface area contributed by atoms with Crippen LogP contribution < -0.4 is 10.3 Å². The molecule has 0 saturated heterocycles. The lowest BCUT2D eigenvalue weighted by Gasteiger charge is -2.22. The zero-order valence-corrected chi connectivity index (χ0v) is 20.9. The Bertz CT molecular complexity index is 1570. The molecule has 7 nitrogen and oxygen atoms in total. The van der Waals surface area contributed by atoms with Crippen LogP contribution in [-0.2, 0) is 4.74 Å². The van der Waals surface area contributed by atoms with Crippen molar-refractivity contribution in [1.29, 1.82) is 0 Å². The minimum Gasteiger partial charge on any atom is -0.462 e. The molecule has 4 aromatic rings. The third-order valence-electron chi connectivity index (χ3n) is 6.33. The smallest absolute Gasteiger partial charge is 0.350 e. The van der Waals surface area contributed by atoms with Crippen molar-refractivity contribution in [2.45, 2.75) is 40.7 Å². The molecular weight excluding hydrogens is 464 g/mol. The summed E-state index contributed by atoms with van der Waals surface area (Å²) in [5.74, 6) is -0.954. The van der Waals surface area contributed by atoms with E-state index in [1.807, 2.05) is 51.1 Å². The number of rotatable bonds is 4. The fraction of sp³-hybridized carbons (Fsp3) is 0.259.